The number of carbonyl (C=O) groups is 1. The highest BCUT2D eigenvalue weighted by molar-refractivity contribution is 6.11. The molecule has 33 heavy (non-hydrogen) atoms. The van der Waals surface area contributed by atoms with E-state index >= 15 is 0 Å². The van der Waals surface area contributed by atoms with Gasteiger partial charge in [0.15, 0.2) is 0 Å². The van der Waals surface area contributed by atoms with E-state index in [0.717, 1.165) is 49.6 Å². The molecule has 1 fully saturated rings. The average Bonchev–Trinajstić information content (AvgIpc) is 3.30. The first kappa shape index (κ1) is 21.1. The van der Waals surface area contributed by atoms with Crippen LogP contribution < -0.4 is 15.4 Å². The Morgan fingerprint density at radius 2 is 1.88 bits per heavy atom. The van der Waals surface area contributed by atoms with Crippen LogP contribution in [0.1, 0.15) is 10.4 Å². The van der Waals surface area contributed by atoms with Crippen molar-refractivity contribution in [2.75, 3.05) is 44.6 Å². The Bertz CT molecular complexity index is 1230. The first-order valence-corrected chi connectivity index (χ1v) is 11.1. The summed E-state index contributed by atoms with van der Waals surface area (Å²) in [4.78, 5) is 27.6. The van der Waals surface area contributed by atoms with E-state index in [0.29, 0.717) is 29.3 Å². The van der Waals surface area contributed by atoms with Gasteiger partial charge in [0, 0.05) is 38.9 Å². The summed E-state index contributed by atoms with van der Waals surface area (Å²) in [6, 6.07) is 18.8. The topological polar surface area (TPSA) is 95.2 Å². The van der Waals surface area contributed by atoms with Gasteiger partial charge in [-0.15, -0.1) is 0 Å². The zero-order valence-corrected chi connectivity index (χ0v) is 18.3. The van der Waals surface area contributed by atoms with Gasteiger partial charge in [0.2, 0.25) is 0 Å². The van der Waals surface area contributed by atoms with E-state index in [9.17, 15) is 4.79 Å². The minimum Gasteiger partial charge on any atom is -0.491 e. The van der Waals surface area contributed by atoms with E-state index in [4.69, 9.17) is 9.72 Å². The van der Waals surface area contributed by atoms with E-state index in [-0.39, 0.29) is 5.91 Å². The van der Waals surface area contributed by atoms with Crippen LogP contribution in [0.25, 0.3) is 22.4 Å². The molecule has 0 unspecified atom stereocenters. The highest BCUT2D eigenvalue weighted by Gasteiger charge is 2.17. The molecule has 0 radical (unpaired) electrons. The quantitative estimate of drug-likeness (QED) is 0.407. The Kier molecular flexibility index (Phi) is 6.27. The predicted molar refractivity (Wildman–Crippen MR) is 129 cm³/mol. The van der Waals surface area contributed by atoms with Crippen molar-refractivity contribution in [2.45, 2.75) is 0 Å². The normalized spacial score (nSPS) is 14.3. The Hall–Kier alpha value is -3.75. The van der Waals surface area contributed by atoms with Gasteiger partial charge in [-0.1, -0.05) is 24.3 Å². The summed E-state index contributed by atoms with van der Waals surface area (Å²) in [5.74, 6) is 1.68. The van der Waals surface area contributed by atoms with Gasteiger partial charge in [0.25, 0.3) is 5.91 Å². The molecule has 8 heteroatoms. The maximum absolute atomic E-state index is 12.9. The number of fused-ring (bicyclic) bond motifs is 1. The molecule has 2 aromatic carbocycles. The molecule has 3 heterocycles. The molecule has 0 atom stereocenters. The molecule has 1 amide bonds. The number of aromatic amines is 1. The predicted octanol–water partition coefficient (Wildman–Crippen LogP) is 3.16. The molecule has 0 bridgehead atoms. The van der Waals surface area contributed by atoms with Gasteiger partial charge in [-0.25, -0.2) is 9.97 Å². The van der Waals surface area contributed by atoms with Crippen molar-refractivity contribution in [3.8, 4) is 17.1 Å². The van der Waals surface area contributed by atoms with Crippen LogP contribution in [0.5, 0.6) is 5.75 Å². The Balaban J connectivity index is 1.37. The summed E-state index contributed by atoms with van der Waals surface area (Å²) in [6.45, 7) is 5.61. The lowest BCUT2D eigenvalue weighted by Gasteiger charge is -2.27. The van der Waals surface area contributed by atoms with E-state index in [2.05, 4.69) is 25.5 Å². The van der Waals surface area contributed by atoms with Crippen LogP contribution in [0, 0.1) is 0 Å². The lowest BCUT2D eigenvalue weighted by atomic mass is 10.1. The molecule has 1 aliphatic rings. The van der Waals surface area contributed by atoms with Crippen LogP contribution in [0.15, 0.2) is 66.9 Å². The number of benzene rings is 2. The maximum Gasteiger partial charge on any atom is 0.259 e. The molecule has 1 aliphatic heterocycles. The van der Waals surface area contributed by atoms with E-state index in [1.807, 2.05) is 42.5 Å². The second-order valence-corrected chi connectivity index (χ2v) is 7.89. The smallest absolute Gasteiger partial charge is 0.259 e. The number of H-pyrrole nitrogens is 1. The van der Waals surface area contributed by atoms with Crippen LogP contribution in [0.2, 0.25) is 0 Å². The Labute approximate surface area is 192 Å². The van der Waals surface area contributed by atoms with Gasteiger partial charge in [-0.3, -0.25) is 9.69 Å². The molecule has 0 saturated carbocycles. The third kappa shape index (κ3) is 4.87. The fourth-order valence-electron chi connectivity index (χ4n) is 3.97. The number of hydrogen-bond donors (Lipinski definition) is 3. The summed E-state index contributed by atoms with van der Waals surface area (Å²) in [6.07, 6.45) is 1.64. The summed E-state index contributed by atoms with van der Waals surface area (Å²) in [7, 11) is 0. The lowest BCUT2D eigenvalue weighted by Crippen LogP contribution is -2.44. The minimum absolute atomic E-state index is 0.252. The van der Waals surface area contributed by atoms with Crippen LogP contribution in [0.4, 0.5) is 5.82 Å². The first-order chi connectivity index (χ1) is 16.3. The monoisotopic (exact) mass is 442 g/mol. The number of imidazole rings is 1. The van der Waals surface area contributed by atoms with Crippen molar-refractivity contribution in [3.63, 3.8) is 0 Å². The third-order valence-electron chi connectivity index (χ3n) is 5.68. The number of para-hydroxylation sites is 2. The number of aromatic nitrogens is 3. The number of pyridine rings is 1. The van der Waals surface area contributed by atoms with Crippen molar-refractivity contribution in [2.24, 2.45) is 0 Å². The van der Waals surface area contributed by atoms with Gasteiger partial charge in [0.1, 0.15) is 29.5 Å². The number of rotatable bonds is 7. The number of nitrogens with zero attached hydrogens (tertiary/aromatic N) is 3. The van der Waals surface area contributed by atoms with Gasteiger partial charge in [-0.2, -0.15) is 0 Å². The standard InChI is InChI=1S/C25H26N6O2/c32-25(29-22-10-3-4-11-27-22)19-7-5-8-20-23(19)30-24(28-20)18-6-1-2-9-21(18)33-17-16-31-14-12-26-13-15-31/h1-11,26H,12-17H2,(H,28,30)(H,27,29,32). The second kappa shape index (κ2) is 9.81. The molecule has 2 aromatic heterocycles. The lowest BCUT2D eigenvalue weighted by molar-refractivity contribution is 0.102. The summed E-state index contributed by atoms with van der Waals surface area (Å²) < 4.78 is 6.14. The molecular formula is C25H26N6O2. The van der Waals surface area contributed by atoms with Crippen molar-refractivity contribution in [1.82, 2.24) is 25.2 Å². The van der Waals surface area contributed by atoms with E-state index < -0.39 is 0 Å². The first-order valence-electron chi connectivity index (χ1n) is 11.1. The van der Waals surface area contributed by atoms with E-state index in [1.54, 1.807) is 24.4 Å². The molecule has 1 saturated heterocycles. The third-order valence-corrected chi connectivity index (χ3v) is 5.68. The molecule has 168 valence electrons. The zero-order valence-electron chi connectivity index (χ0n) is 18.3. The average molecular weight is 443 g/mol. The van der Waals surface area contributed by atoms with Crippen LogP contribution >= 0.6 is 0 Å². The fourth-order valence-corrected chi connectivity index (χ4v) is 3.97. The fraction of sp³-hybridized carbons (Fsp3) is 0.240. The SMILES string of the molecule is O=C(Nc1ccccn1)c1cccc2[nH]c(-c3ccccc3OCCN3CCNCC3)nc12. The summed E-state index contributed by atoms with van der Waals surface area (Å²) in [5, 5.41) is 6.20. The van der Waals surface area contributed by atoms with Crippen molar-refractivity contribution >= 4 is 22.8 Å². The van der Waals surface area contributed by atoms with Crippen LogP contribution in [-0.4, -0.2) is 65.1 Å². The van der Waals surface area contributed by atoms with Crippen molar-refractivity contribution in [3.05, 3.63) is 72.4 Å². The highest BCUT2D eigenvalue weighted by Crippen LogP contribution is 2.30. The molecular weight excluding hydrogens is 416 g/mol. The molecule has 4 aromatic rings. The van der Waals surface area contributed by atoms with Crippen molar-refractivity contribution in [1.29, 1.82) is 0 Å². The van der Waals surface area contributed by atoms with Gasteiger partial charge in [-0.05, 0) is 36.4 Å². The molecule has 0 spiro atoms. The van der Waals surface area contributed by atoms with E-state index in [1.165, 1.54) is 0 Å². The number of nitrogens with one attached hydrogen (secondary N) is 3. The number of ether oxygens (including phenoxy) is 1. The van der Waals surface area contributed by atoms with Crippen LogP contribution in [0.3, 0.4) is 0 Å². The molecule has 8 nitrogen and oxygen atoms in total. The number of piperazine rings is 1. The molecule has 3 N–H and O–H groups in total. The number of amides is 1. The van der Waals surface area contributed by atoms with Crippen molar-refractivity contribution < 1.29 is 9.53 Å². The minimum atomic E-state index is -0.252. The largest absolute Gasteiger partial charge is 0.491 e. The Morgan fingerprint density at radius 1 is 1.03 bits per heavy atom. The zero-order chi connectivity index (χ0) is 22.5. The number of carbonyl (C=O) groups excluding carboxylic acids is 1. The van der Waals surface area contributed by atoms with Gasteiger partial charge < -0.3 is 20.4 Å². The summed E-state index contributed by atoms with van der Waals surface area (Å²) in [5.41, 5.74) is 2.74. The van der Waals surface area contributed by atoms with Gasteiger partial charge >= 0.3 is 0 Å². The van der Waals surface area contributed by atoms with Crippen LogP contribution in [-0.2, 0) is 0 Å². The number of anilines is 1. The highest BCUT2D eigenvalue weighted by atomic mass is 16.5. The van der Waals surface area contributed by atoms with Gasteiger partial charge in [0.05, 0.1) is 16.6 Å². The summed E-state index contributed by atoms with van der Waals surface area (Å²) >= 11 is 0. The Morgan fingerprint density at radius 3 is 2.73 bits per heavy atom. The maximum atomic E-state index is 12.9. The molecule has 0 aliphatic carbocycles. The molecule has 5 rings (SSSR count). The second-order valence-electron chi connectivity index (χ2n) is 7.89. The number of hydrogen-bond acceptors (Lipinski definition) is 6.